The Labute approximate surface area is 190 Å². The van der Waals surface area contributed by atoms with E-state index in [9.17, 15) is 9.59 Å². The summed E-state index contributed by atoms with van der Waals surface area (Å²) >= 11 is 12.3. The highest BCUT2D eigenvalue weighted by atomic mass is 35.5. The van der Waals surface area contributed by atoms with Gasteiger partial charge in [0.1, 0.15) is 0 Å². The molecule has 1 aromatic heterocycles. The summed E-state index contributed by atoms with van der Waals surface area (Å²) in [5.74, 6) is -0.192. The third kappa shape index (κ3) is 5.57. The Morgan fingerprint density at radius 2 is 1.74 bits per heavy atom. The molecule has 0 unspecified atom stereocenters. The normalized spacial score (nSPS) is 10.6. The number of amides is 3. The summed E-state index contributed by atoms with van der Waals surface area (Å²) in [6, 6.07) is 11.9. The van der Waals surface area contributed by atoms with Crippen LogP contribution in [0.2, 0.25) is 10.0 Å². The van der Waals surface area contributed by atoms with E-state index in [0.717, 1.165) is 17.0 Å². The number of hydrogen-bond acceptors (Lipinski definition) is 3. The van der Waals surface area contributed by atoms with E-state index in [0.29, 0.717) is 33.7 Å². The number of carbonyl (C=O) groups is 2. The largest absolute Gasteiger partial charge is 0.338 e. The Balaban J connectivity index is 1.74. The number of carbonyl (C=O) groups excluding carboxylic acids is 2. The fourth-order valence-corrected chi connectivity index (χ4v) is 3.68. The van der Waals surface area contributed by atoms with Gasteiger partial charge in [0, 0.05) is 34.2 Å². The molecule has 9 heteroatoms. The number of hydrogen-bond donors (Lipinski definition) is 3. The number of aromatic nitrogens is 2. The molecule has 0 radical (unpaired) electrons. The van der Waals surface area contributed by atoms with Crippen LogP contribution in [0.25, 0.3) is 5.69 Å². The average Bonchev–Trinajstić information content (AvgIpc) is 2.96. The second kappa shape index (κ2) is 9.85. The maximum Gasteiger partial charge on any atom is 0.319 e. The quantitative estimate of drug-likeness (QED) is 0.477. The van der Waals surface area contributed by atoms with Crippen LogP contribution < -0.4 is 16.0 Å². The van der Waals surface area contributed by atoms with Crippen molar-refractivity contribution in [1.82, 2.24) is 15.1 Å². The van der Waals surface area contributed by atoms with Gasteiger partial charge in [-0.3, -0.25) is 4.79 Å². The van der Waals surface area contributed by atoms with Crippen molar-refractivity contribution in [2.75, 3.05) is 17.2 Å². The van der Waals surface area contributed by atoms with Crippen molar-refractivity contribution in [3.63, 3.8) is 0 Å². The standard InChI is InChI=1S/C22H23Cl2N5O2/c1-4-25-22(31)27-17-7-5-6-16(11-17)26-21(30)12-18-13(2)28-29(14(18)3)20-9-8-15(23)10-19(20)24/h5-11H,4,12H2,1-3H3,(H,26,30)(H2,25,27,31). The first-order valence-corrected chi connectivity index (χ1v) is 10.5. The lowest BCUT2D eigenvalue weighted by atomic mass is 10.1. The van der Waals surface area contributed by atoms with Gasteiger partial charge in [0.2, 0.25) is 5.91 Å². The molecule has 0 aliphatic heterocycles. The monoisotopic (exact) mass is 459 g/mol. The van der Waals surface area contributed by atoms with Gasteiger partial charge < -0.3 is 16.0 Å². The summed E-state index contributed by atoms with van der Waals surface area (Å²) in [7, 11) is 0. The number of benzene rings is 2. The Hall–Kier alpha value is -3.03. The van der Waals surface area contributed by atoms with E-state index in [1.54, 1.807) is 47.1 Å². The van der Waals surface area contributed by atoms with Gasteiger partial charge in [-0.15, -0.1) is 0 Å². The predicted octanol–water partition coefficient (Wildman–Crippen LogP) is 5.12. The molecule has 7 nitrogen and oxygen atoms in total. The zero-order valence-electron chi connectivity index (χ0n) is 17.4. The fraction of sp³-hybridized carbons (Fsp3) is 0.227. The molecule has 1 heterocycles. The SMILES string of the molecule is CCNC(=O)Nc1cccc(NC(=O)Cc2c(C)nn(-c3ccc(Cl)cc3Cl)c2C)c1. The zero-order chi connectivity index (χ0) is 22.5. The average molecular weight is 460 g/mol. The molecule has 2 aromatic carbocycles. The lowest BCUT2D eigenvalue weighted by molar-refractivity contribution is -0.115. The molecule has 162 valence electrons. The van der Waals surface area contributed by atoms with E-state index >= 15 is 0 Å². The fourth-order valence-electron chi connectivity index (χ4n) is 3.19. The zero-order valence-corrected chi connectivity index (χ0v) is 18.9. The molecule has 31 heavy (non-hydrogen) atoms. The highest BCUT2D eigenvalue weighted by Crippen LogP contribution is 2.27. The smallest absolute Gasteiger partial charge is 0.319 e. The van der Waals surface area contributed by atoms with Crippen LogP contribution in [0.15, 0.2) is 42.5 Å². The van der Waals surface area contributed by atoms with Crippen molar-refractivity contribution in [2.24, 2.45) is 0 Å². The first kappa shape index (κ1) is 22.7. The summed E-state index contributed by atoms with van der Waals surface area (Å²) in [5, 5.41) is 13.8. The van der Waals surface area contributed by atoms with E-state index in [1.807, 2.05) is 20.8 Å². The summed E-state index contributed by atoms with van der Waals surface area (Å²) in [6.45, 7) is 6.11. The summed E-state index contributed by atoms with van der Waals surface area (Å²) < 4.78 is 1.72. The van der Waals surface area contributed by atoms with Crippen molar-refractivity contribution < 1.29 is 9.59 Å². The number of nitrogens with zero attached hydrogens (tertiary/aromatic N) is 2. The van der Waals surface area contributed by atoms with Crippen molar-refractivity contribution in [3.8, 4) is 5.69 Å². The molecule has 3 rings (SSSR count). The van der Waals surface area contributed by atoms with Crippen LogP contribution in [0.1, 0.15) is 23.9 Å². The van der Waals surface area contributed by atoms with E-state index in [-0.39, 0.29) is 18.4 Å². The maximum atomic E-state index is 12.7. The summed E-state index contributed by atoms with van der Waals surface area (Å²) in [4.78, 5) is 24.4. The minimum absolute atomic E-state index is 0.150. The molecule has 0 saturated heterocycles. The lowest BCUT2D eigenvalue weighted by Crippen LogP contribution is -2.28. The van der Waals surface area contributed by atoms with Crippen LogP contribution in [-0.4, -0.2) is 28.3 Å². The van der Waals surface area contributed by atoms with Crippen molar-refractivity contribution in [3.05, 3.63) is 69.5 Å². The minimum atomic E-state index is -0.300. The van der Waals surface area contributed by atoms with Gasteiger partial charge in [0.25, 0.3) is 0 Å². The highest BCUT2D eigenvalue weighted by Gasteiger charge is 2.17. The number of halogens is 2. The molecule has 0 bridgehead atoms. The molecule has 0 aliphatic rings. The number of aryl methyl sites for hydroxylation is 1. The van der Waals surface area contributed by atoms with E-state index in [1.165, 1.54) is 0 Å². The second-order valence-corrected chi connectivity index (χ2v) is 7.79. The van der Waals surface area contributed by atoms with Gasteiger partial charge in [-0.25, -0.2) is 9.48 Å². The molecule has 0 atom stereocenters. The van der Waals surface area contributed by atoms with E-state index in [4.69, 9.17) is 23.2 Å². The molecule has 0 saturated carbocycles. The van der Waals surface area contributed by atoms with Crippen LogP contribution in [0.3, 0.4) is 0 Å². The third-order valence-corrected chi connectivity index (χ3v) is 5.20. The topological polar surface area (TPSA) is 88.1 Å². The molecule has 3 amide bonds. The van der Waals surface area contributed by atoms with Gasteiger partial charge in [-0.05, 0) is 57.2 Å². The van der Waals surface area contributed by atoms with Crippen LogP contribution in [0, 0.1) is 13.8 Å². The lowest BCUT2D eigenvalue weighted by Gasteiger charge is -2.10. The Kier molecular flexibility index (Phi) is 7.20. The number of nitrogens with one attached hydrogen (secondary N) is 3. The van der Waals surface area contributed by atoms with Crippen LogP contribution in [0.4, 0.5) is 16.2 Å². The van der Waals surface area contributed by atoms with Gasteiger partial charge in [0.05, 0.1) is 22.8 Å². The first-order chi connectivity index (χ1) is 14.8. The number of urea groups is 1. The Bertz CT molecular complexity index is 1130. The highest BCUT2D eigenvalue weighted by molar-refractivity contribution is 6.35. The Morgan fingerprint density at radius 1 is 1.03 bits per heavy atom. The van der Waals surface area contributed by atoms with E-state index < -0.39 is 0 Å². The maximum absolute atomic E-state index is 12.7. The van der Waals surface area contributed by atoms with Crippen LogP contribution >= 0.6 is 23.2 Å². The third-order valence-electron chi connectivity index (χ3n) is 4.66. The minimum Gasteiger partial charge on any atom is -0.338 e. The first-order valence-electron chi connectivity index (χ1n) is 9.73. The van der Waals surface area contributed by atoms with E-state index in [2.05, 4.69) is 21.0 Å². The second-order valence-electron chi connectivity index (χ2n) is 6.95. The Morgan fingerprint density at radius 3 is 2.42 bits per heavy atom. The molecular formula is C22H23Cl2N5O2. The van der Waals surface area contributed by atoms with Crippen LogP contribution in [-0.2, 0) is 11.2 Å². The number of anilines is 2. The molecule has 0 fully saturated rings. The van der Waals surface area contributed by atoms with Crippen molar-refractivity contribution >= 4 is 46.5 Å². The molecular weight excluding hydrogens is 437 g/mol. The summed E-state index contributed by atoms with van der Waals surface area (Å²) in [5.41, 5.74) is 4.25. The van der Waals surface area contributed by atoms with Gasteiger partial charge >= 0.3 is 6.03 Å². The van der Waals surface area contributed by atoms with Crippen LogP contribution in [0.5, 0.6) is 0 Å². The predicted molar refractivity (Wildman–Crippen MR) is 125 cm³/mol. The molecule has 0 aliphatic carbocycles. The summed E-state index contributed by atoms with van der Waals surface area (Å²) in [6.07, 6.45) is 0.150. The van der Waals surface area contributed by atoms with Crippen molar-refractivity contribution in [1.29, 1.82) is 0 Å². The molecule has 3 aromatic rings. The molecule has 0 spiro atoms. The van der Waals surface area contributed by atoms with Gasteiger partial charge in [-0.1, -0.05) is 29.3 Å². The van der Waals surface area contributed by atoms with Gasteiger partial charge in [0.15, 0.2) is 0 Å². The van der Waals surface area contributed by atoms with Gasteiger partial charge in [-0.2, -0.15) is 5.10 Å². The molecule has 3 N–H and O–H groups in total. The van der Waals surface area contributed by atoms with Crippen molar-refractivity contribution in [2.45, 2.75) is 27.2 Å². The number of rotatable bonds is 6.